The number of anilines is 1. The third kappa shape index (κ3) is 3.57. The van der Waals surface area contributed by atoms with Gasteiger partial charge in [0, 0.05) is 42.9 Å². The smallest absolute Gasteiger partial charge is 0.223 e. The fraction of sp³-hybridized carbons (Fsp3) is 0.368. The summed E-state index contributed by atoms with van der Waals surface area (Å²) in [4.78, 5) is 13.5. The van der Waals surface area contributed by atoms with Crippen molar-refractivity contribution < 1.29 is 9.26 Å². The molecule has 134 valence electrons. The number of ether oxygens (including phenoxy) is 1. The summed E-state index contributed by atoms with van der Waals surface area (Å²) in [7, 11) is 0. The summed E-state index contributed by atoms with van der Waals surface area (Å²) in [6.45, 7) is 5.38. The zero-order chi connectivity index (χ0) is 17.9. The normalized spacial score (nSPS) is 16.8. The van der Waals surface area contributed by atoms with E-state index in [0.717, 1.165) is 47.7 Å². The van der Waals surface area contributed by atoms with Crippen LogP contribution in [0.1, 0.15) is 24.2 Å². The Bertz CT molecular complexity index is 885. The van der Waals surface area contributed by atoms with E-state index >= 15 is 0 Å². The number of hydrogen-bond donors (Lipinski definition) is 1. The highest BCUT2D eigenvalue weighted by Crippen LogP contribution is 2.31. The molecule has 4 heterocycles. The van der Waals surface area contributed by atoms with Gasteiger partial charge in [0.1, 0.15) is 0 Å². The van der Waals surface area contributed by atoms with E-state index in [0.29, 0.717) is 18.3 Å². The largest absolute Gasteiger partial charge is 0.376 e. The van der Waals surface area contributed by atoms with Crippen molar-refractivity contribution in [3.05, 3.63) is 42.0 Å². The Morgan fingerprint density at radius 2 is 2.08 bits per heavy atom. The number of rotatable bonds is 5. The van der Waals surface area contributed by atoms with Gasteiger partial charge in [-0.15, -0.1) is 0 Å². The van der Waals surface area contributed by atoms with E-state index in [-0.39, 0.29) is 6.10 Å². The molecule has 0 aliphatic carbocycles. The van der Waals surface area contributed by atoms with Crippen LogP contribution in [0, 0.1) is 13.8 Å². The van der Waals surface area contributed by atoms with Crippen LogP contribution in [-0.2, 0) is 4.74 Å². The lowest BCUT2D eigenvalue weighted by atomic mass is 10.1. The Hall–Kier alpha value is -2.80. The topological polar surface area (TPSA) is 86.0 Å². The average Bonchev–Trinajstić information content (AvgIpc) is 3.32. The molecule has 0 spiro atoms. The molecule has 1 fully saturated rings. The van der Waals surface area contributed by atoms with E-state index in [1.807, 2.05) is 38.2 Å². The predicted octanol–water partition coefficient (Wildman–Crippen LogP) is 3.40. The molecule has 3 aromatic rings. The monoisotopic (exact) mass is 351 g/mol. The van der Waals surface area contributed by atoms with Crippen molar-refractivity contribution in [1.29, 1.82) is 0 Å². The second-order valence-corrected chi connectivity index (χ2v) is 6.49. The maximum atomic E-state index is 5.65. The lowest BCUT2D eigenvalue weighted by Gasteiger charge is -2.12. The molecule has 4 rings (SSSR count). The van der Waals surface area contributed by atoms with Gasteiger partial charge in [-0.1, -0.05) is 5.16 Å². The molecule has 1 atom stereocenters. The van der Waals surface area contributed by atoms with Crippen LogP contribution in [0.2, 0.25) is 0 Å². The Kier molecular flexibility index (Phi) is 4.62. The molecular formula is C19H21N5O2. The third-order valence-corrected chi connectivity index (χ3v) is 4.38. The number of pyridine rings is 1. The minimum atomic E-state index is 0.222. The highest BCUT2D eigenvalue weighted by Gasteiger charge is 2.18. The molecule has 7 nitrogen and oxygen atoms in total. The van der Waals surface area contributed by atoms with E-state index < -0.39 is 0 Å². The van der Waals surface area contributed by atoms with Gasteiger partial charge in [-0.2, -0.15) is 0 Å². The zero-order valence-electron chi connectivity index (χ0n) is 14.9. The number of nitrogens with one attached hydrogen (secondary N) is 1. The molecule has 0 aromatic carbocycles. The minimum absolute atomic E-state index is 0.222. The van der Waals surface area contributed by atoms with E-state index in [2.05, 4.69) is 20.4 Å². The van der Waals surface area contributed by atoms with Crippen LogP contribution in [0.4, 0.5) is 5.95 Å². The minimum Gasteiger partial charge on any atom is -0.376 e. The maximum absolute atomic E-state index is 5.65. The van der Waals surface area contributed by atoms with Crippen LogP contribution in [-0.4, -0.2) is 39.4 Å². The van der Waals surface area contributed by atoms with E-state index in [1.165, 1.54) is 0 Å². The Labute approximate surface area is 151 Å². The molecule has 7 heteroatoms. The lowest BCUT2D eigenvalue weighted by Crippen LogP contribution is -2.19. The summed E-state index contributed by atoms with van der Waals surface area (Å²) in [5, 5.41) is 7.25. The number of aryl methyl sites for hydroxylation is 2. The van der Waals surface area contributed by atoms with Crippen LogP contribution >= 0.6 is 0 Å². The summed E-state index contributed by atoms with van der Waals surface area (Å²) in [6.07, 6.45) is 5.97. The highest BCUT2D eigenvalue weighted by molar-refractivity contribution is 5.78. The first-order valence-electron chi connectivity index (χ1n) is 8.78. The Morgan fingerprint density at radius 3 is 2.77 bits per heavy atom. The number of aromatic nitrogens is 4. The summed E-state index contributed by atoms with van der Waals surface area (Å²) >= 11 is 0. The summed E-state index contributed by atoms with van der Waals surface area (Å²) in [6, 6.07) is 5.84. The van der Waals surface area contributed by atoms with Gasteiger partial charge >= 0.3 is 0 Å². The Balaban J connectivity index is 1.68. The molecule has 0 amide bonds. The zero-order valence-corrected chi connectivity index (χ0v) is 14.9. The first kappa shape index (κ1) is 16.7. The molecule has 1 saturated heterocycles. The number of hydrogen-bond acceptors (Lipinski definition) is 7. The average molecular weight is 351 g/mol. The van der Waals surface area contributed by atoms with Crippen molar-refractivity contribution in [3.8, 4) is 22.6 Å². The lowest BCUT2D eigenvalue weighted by molar-refractivity contribution is 0.120. The van der Waals surface area contributed by atoms with Crippen molar-refractivity contribution in [2.75, 3.05) is 18.5 Å². The molecule has 0 radical (unpaired) electrons. The molecule has 1 aliphatic heterocycles. The Morgan fingerprint density at radius 1 is 1.15 bits per heavy atom. The van der Waals surface area contributed by atoms with E-state index in [4.69, 9.17) is 14.2 Å². The van der Waals surface area contributed by atoms with Crippen molar-refractivity contribution in [1.82, 2.24) is 20.1 Å². The summed E-state index contributed by atoms with van der Waals surface area (Å²) in [5.41, 5.74) is 4.23. The fourth-order valence-electron chi connectivity index (χ4n) is 2.98. The molecule has 1 N–H and O–H groups in total. The van der Waals surface area contributed by atoms with Crippen LogP contribution in [0.25, 0.3) is 22.6 Å². The van der Waals surface area contributed by atoms with Gasteiger partial charge in [0.2, 0.25) is 5.95 Å². The van der Waals surface area contributed by atoms with Crippen molar-refractivity contribution in [2.45, 2.75) is 32.8 Å². The van der Waals surface area contributed by atoms with Gasteiger partial charge < -0.3 is 14.6 Å². The quantitative estimate of drug-likeness (QED) is 0.754. The second-order valence-electron chi connectivity index (χ2n) is 6.49. The van der Waals surface area contributed by atoms with Crippen LogP contribution in [0.15, 0.2) is 35.1 Å². The van der Waals surface area contributed by atoms with E-state index in [9.17, 15) is 0 Å². The molecular weight excluding hydrogens is 330 g/mol. The predicted molar refractivity (Wildman–Crippen MR) is 97.7 cm³/mol. The van der Waals surface area contributed by atoms with E-state index in [1.54, 1.807) is 6.20 Å². The first-order chi connectivity index (χ1) is 12.7. The molecule has 0 saturated carbocycles. The van der Waals surface area contributed by atoms with Gasteiger partial charge in [0.25, 0.3) is 0 Å². The van der Waals surface area contributed by atoms with Crippen LogP contribution in [0.3, 0.4) is 0 Å². The van der Waals surface area contributed by atoms with Crippen molar-refractivity contribution in [3.63, 3.8) is 0 Å². The summed E-state index contributed by atoms with van der Waals surface area (Å²) in [5.74, 6) is 1.21. The van der Waals surface area contributed by atoms with Crippen LogP contribution in [0.5, 0.6) is 0 Å². The molecule has 0 bridgehead atoms. The van der Waals surface area contributed by atoms with Crippen molar-refractivity contribution >= 4 is 5.95 Å². The first-order valence-corrected chi connectivity index (χ1v) is 8.78. The van der Waals surface area contributed by atoms with Gasteiger partial charge in [-0.25, -0.2) is 9.97 Å². The molecule has 3 aromatic heterocycles. The molecule has 26 heavy (non-hydrogen) atoms. The van der Waals surface area contributed by atoms with Crippen molar-refractivity contribution in [2.24, 2.45) is 0 Å². The van der Waals surface area contributed by atoms with Gasteiger partial charge in [-0.3, -0.25) is 4.98 Å². The van der Waals surface area contributed by atoms with Gasteiger partial charge in [0.15, 0.2) is 5.76 Å². The number of nitrogens with zero attached hydrogens (tertiary/aromatic N) is 4. The summed E-state index contributed by atoms with van der Waals surface area (Å²) < 4.78 is 11.1. The maximum Gasteiger partial charge on any atom is 0.223 e. The SMILES string of the molecule is Cc1ccc(-c2nc(NCC3CCCO3)ncc2-c2cc(C)no2)cn1. The second kappa shape index (κ2) is 7.21. The molecule has 1 aliphatic rings. The fourth-order valence-corrected chi connectivity index (χ4v) is 2.98. The van der Waals surface area contributed by atoms with Crippen LogP contribution < -0.4 is 5.32 Å². The standard InChI is InChI=1S/C19H21N5O2/c1-12-5-6-14(9-20-12)18-16(17-8-13(2)24-26-17)11-22-19(23-18)21-10-15-4-3-7-25-15/h5-6,8-9,11,15H,3-4,7,10H2,1-2H3,(H,21,22,23). The third-order valence-electron chi connectivity index (χ3n) is 4.38. The molecule has 1 unspecified atom stereocenters. The van der Waals surface area contributed by atoms with Gasteiger partial charge in [0.05, 0.1) is 23.1 Å². The highest BCUT2D eigenvalue weighted by atomic mass is 16.5. The van der Waals surface area contributed by atoms with Gasteiger partial charge in [-0.05, 0) is 38.8 Å².